The van der Waals surface area contributed by atoms with Crippen LogP contribution in [0.2, 0.25) is 5.02 Å². The van der Waals surface area contributed by atoms with Crippen molar-refractivity contribution in [2.75, 3.05) is 0 Å². The third-order valence-electron chi connectivity index (χ3n) is 3.07. The number of halogens is 1. The predicted octanol–water partition coefficient (Wildman–Crippen LogP) is -1.01. The van der Waals surface area contributed by atoms with Crippen molar-refractivity contribution >= 4 is 23.4 Å². The summed E-state index contributed by atoms with van der Waals surface area (Å²) >= 11 is 5.81. The molecule has 5 heteroatoms. The number of carboxylic acids is 1. The Morgan fingerprint density at radius 2 is 1.57 bits per heavy atom. The molecular weight excluding hydrogens is 299 g/mol. The molecule has 2 rings (SSSR count). The summed E-state index contributed by atoms with van der Waals surface area (Å²) in [7, 11) is 0. The molecule has 0 amide bonds. The Labute approximate surface area is 150 Å². The summed E-state index contributed by atoms with van der Waals surface area (Å²) in [6.45, 7) is 0. The fourth-order valence-corrected chi connectivity index (χ4v) is 2.18. The van der Waals surface area contributed by atoms with Gasteiger partial charge in [0.25, 0.3) is 0 Å². The summed E-state index contributed by atoms with van der Waals surface area (Å²) in [5.74, 6) is -3.35. The molecule has 0 radical (unpaired) electrons. The molecule has 21 heavy (non-hydrogen) atoms. The molecule has 0 saturated heterocycles. The normalized spacial score (nSPS) is 11.3. The van der Waals surface area contributed by atoms with Gasteiger partial charge in [-0.25, -0.2) is 0 Å². The van der Waals surface area contributed by atoms with Crippen LogP contribution in [0.25, 0.3) is 0 Å². The summed E-state index contributed by atoms with van der Waals surface area (Å²) in [6, 6.07) is 15.9. The number of Topliss-reactive ketones (excluding diaryl/α,β-unsaturated/α-hetero) is 1. The number of carbonyl (C=O) groups excluding carboxylic acids is 2. The maximum Gasteiger partial charge on any atom is 1.00 e. The van der Waals surface area contributed by atoms with E-state index in [0.29, 0.717) is 17.0 Å². The Morgan fingerprint density at radius 1 is 1.00 bits per heavy atom. The Balaban J connectivity index is 0.00000220. The maximum atomic E-state index is 11.8. The van der Waals surface area contributed by atoms with Gasteiger partial charge in [0.1, 0.15) is 5.97 Å². The van der Waals surface area contributed by atoms with Crippen molar-refractivity contribution in [2.45, 2.75) is 12.3 Å². The van der Waals surface area contributed by atoms with E-state index in [-0.39, 0.29) is 29.6 Å². The van der Waals surface area contributed by atoms with Crippen LogP contribution in [-0.2, 0) is 16.0 Å². The van der Waals surface area contributed by atoms with E-state index in [1.54, 1.807) is 24.3 Å². The fourth-order valence-electron chi connectivity index (χ4n) is 2.05. The number of rotatable bonds is 5. The number of aliphatic carboxylic acids is 1. The second-order valence-corrected chi connectivity index (χ2v) is 4.88. The van der Waals surface area contributed by atoms with Gasteiger partial charge >= 0.3 is 29.6 Å². The molecule has 0 saturated carbocycles. The van der Waals surface area contributed by atoms with Crippen LogP contribution in [0.3, 0.4) is 0 Å². The Hall–Kier alpha value is -1.13. The van der Waals surface area contributed by atoms with Crippen molar-refractivity contribution in [1.29, 1.82) is 0 Å². The molecule has 0 N–H and O–H groups in total. The topological polar surface area (TPSA) is 57.2 Å². The van der Waals surface area contributed by atoms with Crippen molar-refractivity contribution in [3.63, 3.8) is 0 Å². The number of carboxylic acid groups (broad SMARTS) is 1. The summed E-state index contributed by atoms with van der Waals surface area (Å²) in [5, 5.41) is 11.4. The molecule has 0 aromatic heterocycles. The first-order chi connectivity index (χ1) is 9.58. The fraction of sp³-hybridized carbons (Fsp3) is 0.125. The van der Waals surface area contributed by atoms with Crippen LogP contribution in [-0.4, -0.2) is 11.8 Å². The number of ketones is 1. The predicted molar refractivity (Wildman–Crippen MR) is 74.4 cm³/mol. The van der Waals surface area contributed by atoms with Crippen LogP contribution in [0.5, 0.6) is 0 Å². The zero-order valence-electron chi connectivity index (χ0n) is 11.6. The van der Waals surface area contributed by atoms with Gasteiger partial charge in [0, 0.05) is 5.02 Å². The molecular formula is C16H12ClNaO3. The number of hydrogen-bond donors (Lipinski definition) is 0. The molecule has 0 spiro atoms. The van der Waals surface area contributed by atoms with Crippen molar-refractivity contribution in [3.05, 3.63) is 70.7 Å². The van der Waals surface area contributed by atoms with Gasteiger partial charge in [0.05, 0.1) is 5.92 Å². The Kier molecular flexibility index (Phi) is 7.12. The zero-order valence-corrected chi connectivity index (χ0v) is 14.3. The van der Waals surface area contributed by atoms with E-state index in [0.717, 1.165) is 5.56 Å². The molecule has 2 aromatic rings. The SMILES string of the molecule is O=C([O-])C(=O)C(Cc1ccccc1)c1ccc(Cl)cc1.[Na+]. The molecule has 0 aliphatic rings. The van der Waals surface area contributed by atoms with Gasteiger partial charge in [-0.3, -0.25) is 4.79 Å². The van der Waals surface area contributed by atoms with Gasteiger partial charge in [-0.05, 0) is 29.7 Å². The largest absolute Gasteiger partial charge is 1.00 e. The van der Waals surface area contributed by atoms with Crippen molar-refractivity contribution in [2.24, 2.45) is 0 Å². The second-order valence-electron chi connectivity index (χ2n) is 4.45. The first-order valence-corrected chi connectivity index (χ1v) is 6.50. The van der Waals surface area contributed by atoms with Crippen molar-refractivity contribution in [3.8, 4) is 0 Å². The van der Waals surface area contributed by atoms with Gasteiger partial charge < -0.3 is 9.90 Å². The molecule has 0 heterocycles. The van der Waals surface area contributed by atoms with E-state index in [4.69, 9.17) is 11.6 Å². The number of hydrogen-bond acceptors (Lipinski definition) is 3. The van der Waals surface area contributed by atoms with Gasteiger partial charge in [-0.2, -0.15) is 0 Å². The number of benzene rings is 2. The summed E-state index contributed by atoms with van der Waals surface area (Å²) < 4.78 is 0. The second kappa shape index (κ2) is 8.35. The maximum absolute atomic E-state index is 11.8. The molecule has 2 aromatic carbocycles. The van der Waals surface area contributed by atoms with E-state index >= 15 is 0 Å². The van der Waals surface area contributed by atoms with E-state index in [9.17, 15) is 14.7 Å². The Morgan fingerprint density at radius 3 is 2.10 bits per heavy atom. The first kappa shape index (κ1) is 17.9. The smallest absolute Gasteiger partial charge is 0.542 e. The van der Waals surface area contributed by atoms with Gasteiger partial charge in [0.15, 0.2) is 5.78 Å². The van der Waals surface area contributed by atoms with Gasteiger partial charge in [-0.15, -0.1) is 0 Å². The molecule has 0 aliphatic heterocycles. The number of carbonyl (C=O) groups is 2. The minimum absolute atomic E-state index is 0. The molecule has 3 nitrogen and oxygen atoms in total. The van der Waals surface area contributed by atoms with Crippen LogP contribution in [0.4, 0.5) is 0 Å². The standard InChI is InChI=1S/C16H13ClO3.Na/c17-13-8-6-12(7-9-13)14(15(18)16(19)20)10-11-4-2-1-3-5-11;/h1-9,14H,10H2,(H,19,20);/q;+1/p-1. The summed E-state index contributed by atoms with van der Waals surface area (Å²) in [6.07, 6.45) is 0.315. The minimum atomic E-state index is -1.67. The van der Waals surface area contributed by atoms with Gasteiger partial charge in [0.2, 0.25) is 0 Å². The molecule has 0 aliphatic carbocycles. The van der Waals surface area contributed by atoms with E-state index in [1.807, 2.05) is 30.3 Å². The third kappa shape index (κ3) is 4.97. The monoisotopic (exact) mass is 310 g/mol. The van der Waals surface area contributed by atoms with E-state index < -0.39 is 17.7 Å². The molecule has 0 fully saturated rings. The van der Waals surface area contributed by atoms with Crippen molar-refractivity contribution < 1.29 is 44.3 Å². The van der Waals surface area contributed by atoms with E-state index in [1.165, 1.54) is 0 Å². The van der Waals surface area contributed by atoms with Crippen LogP contribution in [0.1, 0.15) is 17.0 Å². The van der Waals surface area contributed by atoms with Crippen molar-refractivity contribution in [1.82, 2.24) is 0 Å². The van der Waals surface area contributed by atoms with E-state index in [2.05, 4.69) is 0 Å². The summed E-state index contributed by atoms with van der Waals surface area (Å²) in [4.78, 5) is 22.7. The quantitative estimate of drug-likeness (QED) is 0.525. The Bertz CT molecular complexity index is 611. The molecule has 1 unspecified atom stereocenters. The average Bonchev–Trinajstić information content (AvgIpc) is 2.46. The van der Waals surface area contributed by atoms with Crippen LogP contribution in [0.15, 0.2) is 54.6 Å². The average molecular weight is 311 g/mol. The molecule has 0 bridgehead atoms. The molecule has 102 valence electrons. The van der Waals surface area contributed by atoms with Crippen LogP contribution >= 0.6 is 11.6 Å². The van der Waals surface area contributed by atoms with Gasteiger partial charge in [-0.1, -0.05) is 54.1 Å². The van der Waals surface area contributed by atoms with Crippen LogP contribution in [0, 0.1) is 0 Å². The summed E-state index contributed by atoms with van der Waals surface area (Å²) in [5.41, 5.74) is 1.51. The zero-order chi connectivity index (χ0) is 14.5. The van der Waals surface area contributed by atoms with Crippen LogP contribution < -0.4 is 34.7 Å². The third-order valence-corrected chi connectivity index (χ3v) is 3.32. The first-order valence-electron chi connectivity index (χ1n) is 6.12. The molecule has 1 atom stereocenters. The minimum Gasteiger partial charge on any atom is -0.542 e.